The minimum Gasteiger partial charge on any atom is -0.389 e. The highest BCUT2D eigenvalue weighted by atomic mass is 79.9. The van der Waals surface area contributed by atoms with Crippen LogP contribution in [0.2, 0.25) is 0 Å². The molecule has 1 aromatic carbocycles. The Balaban J connectivity index is 3.23. The van der Waals surface area contributed by atoms with Gasteiger partial charge in [0.1, 0.15) is 0 Å². The summed E-state index contributed by atoms with van der Waals surface area (Å²) < 4.78 is 28.1. The van der Waals surface area contributed by atoms with Crippen molar-refractivity contribution in [3.8, 4) is 0 Å². The number of sulfonamides is 1. The monoisotopic (exact) mass is 349 g/mol. The maximum atomic E-state index is 12.4. The highest BCUT2D eigenvalue weighted by Crippen LogP contribution is 2.26. The molecule has 0 unspecified atom stereocenters. The lowest BCUT2D eigenvalue weighted by atomic mass is 9.87. The van der Waals surface area contributed by atoms with Gasteiger partial charge in [0, 0.05) is 4.47 Å². The zero-order chi connectivity index (χ0) is 15.1. The van der Waals surface area contributed by atoms with E-state index in [1.807, 2.05) is 0 Å². The summed E-state index contributed by atoms with van der Waals surface area (Å²) in [6.45, 7) is 8.18. The molecule has 0 heterocycles. The van der Waals surface area contributed by atoms with E-state index >= 15 is 0 Å². The largest absolute Gasteiger partial charge is 0.389 e. The molecule has 0 atom stereocenters. The SMILES string of the molecule is Cc1ccc(Br)cc1S(=O)(=O)NC(C)(C)C(C)(C)O. The topological polar surface area (TPSA) is 66.4 Å². The van der Waals surface area contributed by atoms with Gasteiger partial charge in [-0.3, -0.25) is 0 Å². The molecular formula is C13H20BrNO3S. The Morgan fingerprint density at radius 1 is 1.21 bits per heavy atom. The molecule has 0 bridgehead atoms. The number of rotatable bonds is 4. The van der Waals surface area contributed by atoms with Gasteiger partial charge in [0.2, 0.25) is 10.0 Å². The molecule has 1 aromatic rings. The number of benzene rings is 1. The zero-order valence-electron chi connectivity index (χ0n) is 11.8. The Morgan fingerprint density at radius 3 is 2.21 bits per heavy atom. The van der Waals surface area contributed by atoms with Crippen LogP contribution in [-0.2, 0) is 10.0 Å². The third-order valence-electron chi connectivity index (χ3n) is 3.36. The van der Waals surface area contributed by atoms with Crippen LogP contribution in [0.4, 0.5) is 0 Å². The first-order chi connectivity index (χ1) is 8.37. The average Bonchev–Trinajstić information content (AvgIpc) is 2.18. The van der Waals surface area contributed by atoms with Crippen molar-refractivity contribution in [1.29, 1.82) is 0 Å². The summed E-state index contributed by atoms with van der Waals surface area (Å²) >= 11 is 3.27. The molecule has 6 heteroatoms. The molecule has 2 N–H and O–H groups in total. The maximum absolute atomic E-state index is 12.4. The second-order valence-corrected chi connectivity index (χ2v) is 8.27. The number of nitrogens with one attached hydrogen (secondary N) is 1. The Morgan fingerprint density at radius 2 is 1.74 bits per heavy atom. The molecule has 0 amide bonds. The van der Waals surface area contributed by atoms with Crippen molar-refractivity contribution in [1.82, 2.24) is 4.72 Å². The van der Waals surface area contributed by atoms with E-state index in [4.69, 9.17) is 0 Å². The Labute approximate surface area is 123 Å². The van der Waals surface area contributed by atoms with E-state index in [1.165, 1.54) is 0 Å². The van der Waals surface area contributed by atoms with Crippen LogP contribution in [0, 0.1) is 6.92 Å². The fourth-order valence-electron chi connectivity index (χ4n) is 1.38. The normalized spacial score (nSPS) is 13.6. The average molecular weight is 350 g/mol. The molecule has 0 fully saturated rings. The van der Waals surface area contributed by atoms with Gasteiger partial charge in [-0.2, -0.15) is 0 Å². The van der Waals surface area contributed by atoms with E-state index in [9.17, 15) is 13.5 Å². The highest BCUT2D eigenvalue weighted by Gasteiger charge is 2.39. The maximum Gasteiger partial charge on any atom is 0.241 e. The number of aliphatic hydroxyl groups is 1. The molecule has 0 aliphatic carbocycles. The first kappa shape index (κ1) is 16.6. The predicted octanol–water partition coefficient (Wildman–Crippen LogP) is 2.59. The first-order valence-corrected chi connectivity index (χ1v) is 8.17. The Bertz CT molecular complexity index is 574. The van der Waals surface area contributed by atoms with E-state index in [-0.39, 0.29) is 4.90 Å². The third-order valence-corrected chi connectivity index (χ3v) is 5.65. The minimum atomic E-state index is -3.69. The number of halogens is 1. The number of hydrogen-bond acceptors (Lipinski definition) is 3. The second kappa shape index (κ2) is 5.16. The van der Waals surface area contributed by atoms with Crippen LogP contribution in [0.25, 0.3) is 0 Å². The molecule has 0 saturated heterocycles. The van der Waals surface area contributed by atoms with Crippen molar-refractivity contribution in [2.75, 3.05) is 0 Å². The summed E-state index contributed by atoms with van der Waals surface area (Å²) in [5.74, 6) is 0. The van der Waals surface area contributed by atoms with Crippen LogP contribution in [0.15, 0.2) is 27.6 Å². The molecule has 4 nitrogen and oxygen atoms in total. The highest BCUT2D eigenvalue weighted by molar-refractivity contribution is 9.10. The molecule has 1 rings (SSSR count). The summed E-state index contributed by atoms with van der Waals surface area (Å²) in [6.07, 6.45) is 0. The zero-order valence-corrected chi connectivity index (χ0v) is 14.2. The molecule has 0 spiro atoms. The van der Waals surface area contributed by atoms with Gasteiger partial charge in [0.15, 0.2) is 0 Å². The van der Waals surface area contributed by atoms with Crippen LogP contribution in [0.5, 0.6) is 0 Å². The number of hydrogen-bond donors (Lipinski definition) is 2. The summed E-state index contributed by atoms with van der Waals surface area (Å²) in [4.78, 5) is 0.208. The Hall–Kier alpha value is -0.430. The van der Waals surface area contributed by atoms with E-state index < -0.39 is 21.2 Å². The lowest BCUT2D eigenvalue weighted by Gasteiger charge is -2.37. The van der Waals surface area contributed by atoms with Crippen molar-refractivity contribution in [2.24, 2.45) is 0 Å². The van der Waals surface area contributed by atoms with E-state index in [0.29, 0.717) is 10.0 Å². The molecule has 0 radical (unpaired) electrons. The summed E-state index contributed by atoms with van der Waals surface area (Å²) in [6, 6.07) is 5.07. The molecule has 0 aliphatic heterocycles. The third kappa shape index (κ3) is 3.78. The quantitative estimate of drug-likeness (QED) is 0.877. The van der Waals surface area contributed by atoms with Crippen LogP contribution in [-0.4, -0.2) is 24.7 Å². The van der Waals surface area contributed by atoms with Crippen molar-refractivity contribution in [3.05, 3.63) is 28.2 Å². The van der Waals surface area contributed by atoms with Gasteiger partial charge in [-0.25, -0.2) is 13.1 Å². The van der Waals surface area contributed by atoms with Crippen LogP contribution in [0.1, 0.15) is 33.3 Å². The predicted molar refractivity (Wildman–Crippen MR) is 79.6 cm³/mol. The van der Waals surface area contributed by atoms with Gasteiger partial charge in [-0.05, 0) is 52.3 Å². The van der Waals surface area contributed by atoms with Crippen molar-refractivity contribution in [2.45, 2.75) is 50.7 Å². The Kier molecular flexibility index (Phi) is 4.52. The van der Waals surface area contributed by atoms with Gasteiger partial charge in [0.05, 0.1) is 16.0 Å². The molecular weight excluding hydrogens is 330 g/mol. The molecule has 108 valence electrons. The van der Waals surface area contributed by atoms with Gasteiger partial charge in [0.25, 0.3) is 0 Å². The molecule has 0 aromatic heterocycles. The van der Waals surface area contributed by atoms with E-state index in [1.54, 1.807) is 52.8 Å². The number of aryl methyl sites for hydroxylation is 1. The van der Waals surface area contributed by atoms with Gasteiger partial charge in [-0.15, -0.1) is 0 Å². The molecule has 0 saturated carbocycles. The van der Waals surface area contributed by atoms with Crippen LogP contribution < -0.4 is 4.72 Å². The van der Waals surface area contributed by atoms with E-state index in [0.717, 1.165) is 0 Å². The van der Waals surface area contributed by atoms with Gasteiger partial charge in [-0.1, -0.05) is 22.0 Å². The van der Waals surface area contributed by atoms with Gasteiger partial charge < -0.3 is 5.11 Å². The summed E-state index contributed by atoms with van der Waals surface area (Å²) in [5.41, 5.74) is -1.51. The lowest BCUT2D eigenvalue weighted by Crippen LogP contribution is -2.57. The smallest absolute Gasteiger partial charge is 0.241 e. The summed E-state index contributed by atoms with van der Waals surface area (Å²) in [7, 11) is -3.69. The second-order valence-electron chi connectivity index (χ2n) is 5.70. The van der Waals surface area contributed by atoms with Crippen LogP contribution in [0.3, 0.4) is 0 Å². The molecule has 19 heavy (non-hydrogen) atoms. The van der Waals surface area contributed by atoms with Crippen molar-refractivity contribution >= 4 is 26.0 Å². The van der Waals surface area contributed by atoms with Crippen molar-refractivity contribution < 1.29 is 13.5 Å². The fraction of sp³-hybridized carbons (Fsp3) is 0.538. The lowest BCUT2D eigenvalue weighted by molar-refractivity contribution is 0.00638. The summed E-state index contributed by atoms with van der Waals surface area (Å²) in [5, 5.41) is 10.0. The minimum absolute atomic E-state index is 0.208. The molecule has 0 aliphatic rings. The standard InChI is InChI=1S/C13H20BrNO3S/c1-9-6-7-10(14)8-11(9)19(17,18)15-12(2,3)13(4,5)16/h6-8,15-16H,1-5H3. The first-order valence-electron chi connectivity index (χ1n) is 5.89. The van der Waals surface area contributed by atoms with Crippen LogP contribution >= 0.6 is 15.9 Å². The fourth-order valence-corrected chi connectivity index (χ4v) is 3.70. The van der Waals surface area contributed by atoms with Gasteiger partial charge >= 0.3 is 0 Å². The van der Waals surface area contributed by atoms with Crippen molar-refractivity contribution in [3.63, 3.8) is 0 Å². The van der Waals surface area contributed by atoms with E-state index in [2.05, 4.69) is 20.7 Å².